The van der Waals surface area contributed by atoms with Gasteiger partial charge in [0.1, 0.15) is 0 Å². The Balaban J connectivity index is 1.59. The van der Waals surface area contributed by atoms with Gasteiger partial charge >= 0.3 is 0 Å². The van der Waals surface area contributed by atoms with Gasteiger partial charge in [0, 0.05) is 44.6 Å². The lowest BCUT2D eigenvalue weighted by Gasteiger charge is -2.25. The smallest absolute Gasteiger partial charge is 0.220 e. The first-order valence-electron chi connectivity index (χ1n) is 9.24. The van der Waals surface area contributed by atoms with E-state index in [9.17, 15) is 4.79 Å². The number of hydrogen-bond acceptors (Lipinski definition) is 3. The molecule has 1 amide bonds. The molecule has 0 aliphatic carbocycles. The monoisotopic (exact) mass is 344 g/mol. The molecule has 3 unspecified atom stereocenters. The summed E-state index contributed by atoms with van der Waals surface area (Å²) in [4.78, 5) is 16.1. The molecule has 0 aromatic heterocycles. The van der Waals surface area contributed by atoms with Gasteiger partial charge in [0.25, 0.3) is 0 Å². The summed E-state index contributed by atoms with van der Waals surface area (Å²) < 4.78 is 5.95. The van der Waals surface area contributed by atoms with E-state index in [0.29, 0.717) is 18.9 Å². The van der Waals surface area contributed by atoms with Gasteiger partial charge in [-0.1, -0.05) is 30.3 Å². The first-order valence-corrected chi connectivity index (χ1v) is 9.24. The fourth-order valence-corrected chi connectivity index (χ4v) is 3.41. The number of carbonyl (C=O) groups excluding carboxylic acids is 1. The summed E-state index contributed by atoms with van der Waals surface area (Å²) in [5.41, 5.74) is 1.23. The van der Waals surface area contributed by atoms with E-state index in [1.807, 2.05) is 6.07 Å². The van der Waals surface area contributed by atoms with Crippen molar-refractivity contribution in [2.24, 2.45) is 10.9 Å². The van der Waals surface area contributed by atoms with Crippen molar-refractivity contribution >= 4 is 11.9 Å². The maximum absolute atomic E-state index is 11.3. The topological polar surface area (TPSA) is 74.8 Å². The van der Waals surface area contributed by atoms with Crippen LogP contribution in [-0.4, -0.2) is 44.1 Å². The SMILES string of the molecule is CCNC(=NCC1CCOC1c1ccccc1)NC1CCC(=O)NC1. The molecule has 0 spiro atoms. The number of hydrogen-bond donors (Lipinski definition) is 3. The summed E-state index contributed by atoms with van der Waals surface area (Å²) >= 11 is 0. The van der Waals surface area contributed by atoms with Crippen LogP contribution in [0.1, 0.15) is 37.9 Å². The molecule has 2 saturated heterocycles. The van der Waals surface area contributed by atoms with Crippen LogP contribution in [0.25, 0.3) is 0 Å². The molecule has 1 aromatic rings. The van der Waals surface area contributed by atoms with E-state index >= 15 is 0 Å². The van der Waals surface area contributed by atoms with Crippen molar-refractivity contribution < 1.29 is 9.53 Å². The number of carbonyl (C=O) groups is 1. The van der Waals surface area contributed by atoms with E-state index in [1.165, 1.54) is 5.56 Å². The molecule has 1 aromatic carbocycles. The summed E-state index contributed by atoms with van der Waals surface area (Å²) in [5.74, 6) is 1.35. The molecule has 6 nitrogen and oxygen atoms in total. The third kappa shape index (κ3) is 4.95. The van der Waals surface area contributed by atoms with Crippen LogP contribution in [-0.2, 0) is 9.53 Å². The molecular formula is C19H28N4O2. The van der Waals surface area contributed by atoms with Crippen LogP contribution in [0.2, 0.25) is 0 Å². The van der Waals surface area contributed by atoms with Gasteiger partial charge in [-0.3, -0.25) is 9.79 Å². The zero-order valence-corrected chi connectivity index (χ0v) is 14.8. The Labute approximate surface area is 149 Å². The first-order chi connectivity index (χ1) is 12.3. The number of benzene rings is 1. The first kappa shape index (κ1) is 17.7. The highest BCUT2D eigenvalue weighted by Gasteiger charge is 2.29. The minimum atomic E-state index is 0.127. The highest BCUT2D eigenvalue weighted by molar-refractivity contribution is 5.81. The van der Waals surface area contributed by atoms with E-state index in [-0.39, 0.29) is 18.1 Å². The van der Waals surface area contributed by atoms with E-state index < -0.39 is 0 Å². The molecule has 2 heterocycles. The maximum atomic E-state index is 11.3. The van der Waals surface area contributed by atoms with Crippen LogP contribution < -0.4 is 16.0 Å². The number of nitrogens with one attached hydrogen (secondary N) is 3. The summed E-state index contributed by atoms with van der Waals surface area (Å²) in [7, 11) is 0. The minimum absolute atomic E-state index is 0.127. The second-order valence-electron chi connectivity index (χ2n) is 6.65. The molecule has 0 radical (unpaired) electrons. The van der Waals surface area contributed by atoms with Crippen molar-refractivity contribution in [3.05, 3.63) is 35.9 Å². The van der Waals surface area contributed by atoms with Crippen LogP contribution >= 0.6 is 0 Å². The number of nitrogens with zero attached hydrogens (tertiary/aromatic N) is 1. The summed E-state index contributed by atoms with van der Waals surface area (Å²) in [5, 5.41) is 9.65. The fraction of sp³-hybridized carbons (Fsp3) is 0.579. The van der Waals surface area contributed by atoms with Crippen LogP contribution in [0.4, 0.5) is 0 Å². The van der Waals surface area contributed by atoms with Crippen molar-refractivity contribution in [2.45, 2.75) is 38.3 Å². The molecule has 3 N–H and O–H groups in total. The average molecular weight is 344 g/mol. The lowest BCUT2D eigenvalue weighted by atomic mass is 9.95. The molecule has 0 bridgehead atoms. The minimum Gasteiger partial charge on any atom is -0.373 e. The highest BCUT2D eigenvalue weighted by Crippen LogP contribution is 2.34. The molecule has 25 heavy (non-hydrogen) atoms. The standard InChI is InChI=1S/C19H28N4O2/c1-2-20-19(23-16-8-9-17(24)21-13-16)22-12-15-10-11-25-18(15)14-6-4-3-5-7-14/h3-7,15-16,18H,2,8-13H2,1H3,(H,21,24)(H2,20,22,23). The molecule has 2 aliphatic heterocycles. The number of rotatable bonds is 5. The predicted molar refractivity (Wildman–Crippen MR) is 98.4 cm³/mol. The number of ether oxygens (including phenoxy) is 1. The highest BCUT2D eigenvalue weighted by atomic mass is 16.5. The fourth-order valence-electron chi connectivity index (χ4n) is 3.41. The van der Waals surface area contributed by atoms with Gasteiger partial charge in [-0.25, -0.2) is 0 Å². The maximum Gasteiger partial charge on any atom is 0.220 e. The Bertz CT molecular complexity index is 580. The van der Waals surface area contributed by atoms with Crippen molar-refractivity contribution in [1.82, 2.24) is 16.0 Å². The summed E-state index contributed by atoms with van der Waals surface area (Å²) in [6.45, 7) is 5.05. The summed E-state index contributed by atoms with van der Waals surface area (Å²) in [6, 6.07) is 10.6. The van der Waals surface area contributed by atoms with Crippen molar-refractivity contribution in [2.75, 3.05) is 26.2 Å². The molecule has 2 aliphatic rings. The van der Waals surface area contributed by atoms with Gasteiger partial charge < -0.3 is 20.7 Å². The van der Waals surface area contributed by atoms with Crippen LogP contribution in [0.5, 0.6) is 0 Å². The lowest BCUT2D eigenvalue weighted by molar-refractivity contribution is -0.122. The molecule has 136 valence electrons. The van der Waals surface area contributed by atoms with Crippen LogP contribution in [0.15, 0.2) is 35.3 Å². The predicted octanol–water partition coefficient (Wildman–Crippen LogP) is 1.60. The number of aliphatic imine (C=N–C) groups is 1. The van der Waals surface area contributed by atoms with Crippen molar-refractivity contribution in [3.8, 4) is 0 Å². The molecule has 0 saturated carbocycles. The number of amides is 1. The lowest BCUT2D eigenvalue weighted by Crippen LogP contribution is -2.51. The summed E-state index contributed by atoms with van der Waals surface area (Å²) in [6.07, 6.45) is 2.57. The van der Waals surface area contributed by atoms with E-state index in [0.717, 1.165) is 38.5 Å². The number of guanidine groups is 1. The third-order valence-electron chi connectivity index (χ3n) is 4.78. The Morgan fingerprint density at radius 2 is 2.16 bits per heavy atom. The second-order valence-corrected chi connectivity index (χ2v) is 6.65. The zero-order valence-electron chi connectivity index (χ0n) is 14.8. The third-order valence-corrected chi connectivity index (χ3v) is 4.78. The largest absolute Gasteiger partial charge is 0.373 e. The van der Waals surface area contributed by atoms with E-state index in [1.54, 1.807) is 0 Å². The Kier molecular flexibility index (Phi) is 6.28. The van der Waals surface area contributed by atoms with E-state index in [4.69, 9.17) is 9.73 Å². The average Bonchev–Trinajstić information content (AvgIpc) is 3.11. The molecule has 3 atom stereocenters. The van der Waals surface area contributed by atoms with Crippen molar-refractivity contribution in [3.63, 3.8) is 0 Å². The van der Waals surface area contributed by atoms with Gasteiger partial charge in [-0.15, -0.1) is 0 Å². The van der Waals surface area contributed by atoms with Gasteiger partial charge in [-0.05, 0) is 25.3 Å². The second kappa shape index (κ2) is 8.85. The molecule has 2 fully saturated rings. The van der Waals surface area contributed by atoms with Gasteiger partial charge in [0.15, 0.2) is 5.96 Å². The van der Waals surface area contributed by atoms with Gasteiger partial charge in [0.05, 0.1) is 6.10 Å². The molecule has 6 heteroatoms. The Morgan fingerprint density at radius 1 is 1.32 bits per heavy atom. The van der Waals surface area contributed by atoms with Gasteiger partial charge in [-0.2, -0.15) is 0 Å². The molecule has 3 rings (SSSR count). The quantitative estimate of drug-likeness (QED) is 0.560. The molecular weight excluding hydrogens is 316 g/mol. The number of piperidine rings is 1. The Morgan fingerprint density at radius 3 is 2.88 bits per heavy atom. The normalized spacial score (nSPS) is 27.0. The van der Waals surface area contributed by atoms with Gasteiger partial charge in [0.2, 0.25) is 5.91 Å². The van der Waals surface area contributed by atoms with Crippen LogP contribution in [0, 0.1) is 5.92 Å². The van der Waals surface area contributed by atoms with Crippen LogP contribution in [0.3, 0.4) is 0 Å². The van der Waals surface area contributed by atoms with E-state index in [2.05, 4.69) is 47.1 Å². The zero-order chi connectivity index (χ0) is 17.5. The Hall–Kier alpha value is -2.08. The van der Waals surface area contributed by atoms with Crippen molar-refractivity contribution in [1.29, 1.82) is 0 Å².